The molecule has 0 saturated heterocycles. The molecule has 0 heterocycles. The Morgan fingerprint density at radius 3 is 2.00 bits per heavy atom. The van der Waals surface area contributed by atoms with E-state index in [0.29, 0.717) is 18.8 Å². The van der Waals surface area contributed by atoms with Crippen molar-refractivity contribution in [3.05, 3.63) is 0 Å². The van der Waals surface area contributed by atoms with Crippen LogP contribution >= 0.6 is 0 Å². The lowest BCUT2D eigenvalue weighted by Crippen LogP contribution is -2.34. The summed E-state index contributed by atoms with van der Waals surface area (Å²) < 4.78 is 25.8. The highest BCUT2D eigenvalue weighted by molar-refractivity contribution is 5.03. The van der Waals surface area contributed by atoms with Crippen LogP contribution in [0.5, 0.6) is 0 Å². The van der Waals surface area contributed by atoms with Crippen LogP contribution in [0.3, 0.4) is 0 Å². The van der Waals surface area contributed by atoms with Gasteiger partial charge in [-0.05, 0) is 43.9 Å². The van der Waals surface area contributed by atoms with Crippen molar-refractivity contribution >= 4 is 0 Å². The highest BCUT2D eigenvalue weighted by Crippen LogP contribution is 2.59. The summed E-state index contributed by atoms with van der Waals surface area (Å²) in [7, 11) is 0. The van der Waals surface area contributed by atoms with Gasteiger partial charge in [0.1, 0.15) is 0 Å². The van der Waals surface area contributed by atoms with Crippen LogP contribution in [0.2, 0.25) is 0 Å². The second kappa shape index (κ2) is 3.16. The third kappa shape index (κ3) is 1.67. The first-order valence-corrected chi connectivity index (χ1v) is 5.52. The molecule has 0 spiro atoms. The summed E-state index contributed by atoms with van der Waals surface area (Å²) in [6.45, 7) is 1.81. The van der Waals surface area contributed by atoms with E-state index in [4.69, 9.17) is 0 Å². The van der Waals surface area contributed by atoms with Gasteiger partial charge in [0.15, 0.2) is 0 Å². The molecular formula is C11H18F2O. The number of hydrogen-bond acceptors (Lipinski definition) is 1. The average molecular weight is 204 g/mol. The second-order valence-corrected chi connectivity index (χ2v) is 5.04. The molecule has 0 aromatic heterocycles. The van der Waals surface area contributed by atoms with Crippen LogP contribution in [0.25, 0.3) is 0 Å². The zero-order valence-electron chi connectivity index (χ0n) is 8.60. The monoisotopic (exact) mass is 204 g/mol. The van der Waals surface area contributed by atoms with Crippen LogP contribution in [-0.2, 0) is 0 Å². The van der Waals surface area contributed by atoms with E-state index < -0.39 is 5.92 Å². The van der Waals surface area contributed by atoms with Crippen molar-refractivity contribution in [2.24, 2.45) is 11.3 Å². The van der Waals surface area contributed by atoms with Crippen molar-refractivity contribution in [3.63, 3.8) is 0 Å². The van der Waals surface area contributed by atoms with Crippen LogP contribution in [0, 0.1) is 11.3 Å². The van der Waals surface area contributed by atoms with E-state index in [1.165, 1.54) is 0 Å². The number of rotatable bonds is 2. The van der Waals surface area contributed by atoms with E-state index in [2.05, 4.69) is 0 Å². The molecule has 1 atom stereocenters. The molecule has 2 rings (SSSR count). The quantitative estimate of drug-likeness (QED) is 0.733. The predicted molar refractivity (Wildman–Crippen MR) is 50.3 cm³/mol. The zero-order valence-corrected chi connectivity index (χ0v) is 8.60. The Bertz CT molecular complexity index is 211. The van der Waals surface area contributed by atoms with Gasteiger partial charge in [0, 0.05) is 12.8 Å². The number of aliphatic hydroxyl groups excluding tert-OH is 1. The van der Waals surface area contributed by atoms with Crippen LogP contribution < -0.4 is 0 Å². The minimum Gasteiger partial charge on any atom is -0.393 e. The van der Waals surface area contributed by atoms with Crippen LogP contribution in [0.1, 0.15) is 45.4 Å². The van der Waals surface area contributed by atoms with Crippen molar-refractivity contribution in [3.8, 4) is 0 Å². The van der Waals surface area contributed by atoms with Gasteiger partial charge in [-0.1, -0.05) is 0 Å². The first kappa shape index (κ1) is 10.3. The Kier molecular flexibility index (Phi) is 2.33. The molecule has 2 saturated carbocycles. The van der Waals surface area contributed by atoms with Gasteiger partial charge < -0.3 is 5.11 Å². The Morgan fingerprint density at radius 1 is 1.14 bits per heavy atom. The average Bonchev–Trinajstić information content (AvgIpc) is 2.84. The lowest BCUT2D eigenvalue weighted by molar-refractivity contribution is -0.0650. The summed E-state index contributed by atoms with van der Waals surface area (Å²) in [5, 5.41) is 9.64. The summed E-state index contributed by atoms with van der Waals surface area (Å²) in [6.07, 6.45) is 2.97. The minimum atomic E-state index is -2.44. The van der Waals surface area contributed by atoms with Crippen molar-refractivity contribution in [2.75, 3.05) is 0 Å². The normalized spacial score (nSPS) is 32.6. The number of aliphatic hydroxyl groups is 1. The molecule has 0 aromatic carbocycles. The lowest BCUT2D eigenvalue weighted by Gasteiger charge is -2.35. The zero-order chi connectivity index (χ0) is 10.4. The molecule has 2 aliphatic carbocycles. The largest absolute Gasteiger partial charge is 0.393 e. The predicted octanol–water partition coefficient (Wildman–Crippen LogP) is 2.97. The van der Waals surface area contributed by atoms with E-state index >= 15 is 0 Å². The SMILES string of the molecule is CC(O)C1(C2CCC(F)(F)CC2)CC1. The first-order chi connectivity index (χ1) is 6.46. The van der Waals surface area contributed by atoms with Crippen LogP contribution in [0.15, 0.2) is 0 Å². The number of alkyl halides is 2. The van der Waals surface area contributed by atoms with Crippen LogP contribution in [0.4, 0.5) is 8.78 Å². The first-order valence-electron chi connectivity index (χ1n) is 5.52. The van der Waals surface area contributed by atoms with Gasteiger partial charge >= 0.3 is 0 Å². The van der Waals surface area contributed by atoms with Crippen molar-refractivity contribution in [2.45, 2.75) is 57.5 Å². The molecule has 0 amide bonds. The maximum atomic E-state index is 12.9. The molecule has 82 valence electrons. The third-order valence-corrected chi connectivity index (χ3v) is 4.19. The van der Waals surface area contributed by atoms with Gasteiger partial charge in [0.25, 0.3) is 0 Å². The summed E-state index contributed by atoms with van der Waals surface area (Å²) in [5.41, 5.74) is 0.0104. The summed E-state index contributed by atoms with van der Waals surface area (Å²) in [6, 6.07) is 0. The Hall–Kier alpha value is -0.180. The fourth-order valence-electron chi connectivity index (χ4n) is 2.93. The molecule has 0 aromatic rings. The molecule has 1 nitrogen and oxygen atoms in total. The lowest BCUT2D eigenvalue weighted by atomic mass is 9.74. The van der Waals surface area contributed by atoms with Gasteiger partial charge in [-0.2, -0.15) is 0 Å². The molecule has 2 aliphatic rings. The molecule has 1 unspecified atom stereocenters. The smallest absolute Gasteiger partial charge is 0.248 e. The number of halogens is 2. The molecule has 14 heavy (non-hydrogen) atoms. The summed E-state index contributed by atoms with van der Waals surface area (Å²) in [4.78, 5) is 0. The highest BCUT2D eigenvalue weighted by atomic mass is 19.3. The van der Waals surface area contributed by atoms with Gasteiger partial charge in [-0.15, -0.1) is 0 Å². The summed E-state index contributed by atoms with van der Waals surface area (Å²) in [5.74, 6) is -2.10. The molecular weight excluding hydrogens is 186 g/mol. The maximum absolute atomic E-state index is 12.9. The van der Waals surface area contributed by atoms with E-state index in [1.54, 1.807) is 6.92 Å². The van der Waals surface area contributed by atoms with Crippen LogP contribution in [-0.4, -0.2) is 17.1 Å². The standard InChI is InChI=1S/C11H18F2O/c1-8(14)10(6-7-10)9-2-4-11(12,13)5-3-9/h8-9,14H,2-7H2,1H3. The molecule has 3 heteroatoms. The molecule has 0 aliphatic heterocycles. The van der Waals surface area contributed by atoms with Gasteiger partial charge in [0.2, 0.25) is 5.92 Å². The second-order valence-electron chi connectivity index (χ2n) is 5.04. The Morgan fingerprint density at radius 2 is 1.64 bits per heavy atom. The van der Waals surface area contributed by atoms with Gasteiger partial charge in [-0.3, -0.25) is 0 Å². The molecule has 0 radical (unpaired) electrons. The molecule has 2 fully saturated rings. The molecule has 0 bridgehead atoms. The minimum absolute atomic E-state index is 0.0104. The van der Waals surface area contributed by atoms with E-state index in [1.807, 2.05) is 0 Å². The van der Waals surface area contributed by atoms with Gasteiger partial charge in [-0.25, -0.2) is 8.78 Å². The molecule has 1 N–H and O–H groups in total. The van der Waals surface area contributed by atoms with Crippen molar-refractivity contribution < 1.29 is 13.9 Å². The number of hydrogen-bond donors (Lipinski definition) is 1. The highest BCUT2D eigenvalue weighted by Gasteiger charge is 2.54. The summed E-state index contributed by atoms with van der Waals surface area (Å²) >= 11 is 0. The fourth-order valence-corrected chi connectivity index (χ4v) is 2.93. The van der Waals surface area contributed by atoms with Crippen molar-refractivity contribution in [1.29, 1.82) is 0 Å². The Labute approximate surface area is 83.5 Å². The van der Waals surface area contributed by atoms with Gasteiger partial charge in [0.05, 0.1) is 6.10 Å². The maximum Gasteiger partial charge on any atom is 0.248 e. The van der Waals surface area contributed by atoms with E-state index in [9.17, 15) is 13.9 Å². The topological polar surface area (TPSA) is 20.2 Å². The van der Waals surface area contributed by atoms with E-state index in [-0.39, 0.29) is 24.4 Å². The Balaban J connectivity index is 1.96. The van der Waals surface area contributed by atoms with E-state index in [0.717, 1.165) is 12.8 Å². The fraction of sp³-hybridized carbons (Fsp3) is 1.00. The van der Waals surface area contributed by atoms with Crippen molar-refractivity contribution in [1.82, 2.24) is 0 Å². The third-order valence-electron chi connectivity index (χ3n) is 4.19.